The Hall–Kier alpha value is -3.62. The number of carbonyl (C=O) groups is 2. The van der Waals surface area contributed by atoms with Crippen molar-refractivity contribution in [3.05, 3.63) is 70.0 Å². The number of rotatable bonds is 5. The lowest BCUT2D eigenvalue weighted by Crippen LogP contribution is -2.52. The van der Waals surface area contributed by atoms with Gasteiger partial charge in [0.15, 0.2) is 5.57 Å². The summed E-state index contributed by atoms with van der Waals surface area (Å²) in [5, 5.41) is 14.9. The third-order valence-corrected chi connectivity index (χ3v) is 8.27. The molecule has 1 aliphatic carbocycles. The van der Waals surface area contributed by atoms with E-state index in [2.05, 4.69) is 26.1 Å². The summed E-state index contributed by atoms with van der Waals surface area (Å²) in [7, 11) is 1.17. The van der Waals surface area contributed by atoms with Gasteiger partial charge in [-0.05, 0) is 58.9 Å². The average Bonchev–Trinajstić information content (AvgIpc) is 2.90. The minimum Gasteiger partial charge on any atom is -0.511 e. The van der Waals surface area contributed by atoms with E-state index in [9.17, 15) is 23.5 Å². The average molecular weight is 541 g/mol. The molecular weight excluding hydrogens is 506 g/mol. The lowest BCUT2D eigenvalue weighted by Gasteiger charge is -2.51. The largest absolute Gasteiger partial charge is 0.511 e. The standard InChI is InChI=1S/C30H34F2N2O5/c1-30(2,3)20-13-18-17-11-8-12-33-24(17)21(39-29(31)32)14-19(18)25-22(20)26(35)23(28(37)38-4)27(36)34(25)15-16-9-6-5-7-10-16/h5-7,9-10,14,20,22,25,29,33,35H,8,11-13,15H2,1-4H3. The minimum atomic E-state index is -3.02. The van der Waals surface area contributed by atoms with Gasteiger partial charge in [0.2, 0.25) is 0 Å². The summed E-state index contributed by atoms with van der Waals surface area (Å²) in [4.78, 5) is 28.4. The Labute approximate surface area is 226 Å². The molecule has 3 aliphatic rings. The van der Waals surface area contributed by atoms with Crippen LogP contribution in [0, 0.1) is 17.3 Å². The van der Waals surface area contributed by atoms with E-state index >= 15 is 0 Å². The van der Waals surface area contributed by atoms with E-state index < -0.39 is 30.4 Å². The Morgan fingerprint density at radius 1 is 1.21 bits per heavy atom. The number of esters is 1. The molecule has 0 saturated carbocycles. The Kier molecular flexibility index (Phi) is 7.03. The van der Waals surface area contributed by atoms with Gasteiger partial charge in [-0.3, -0.25) is 4.79 Å². The van der Waals surface area contributed by atoms with Gasteiger partial charge in [0.1, 0.15) is 11.5 Å². The second-order valence-corrected chi connectivity index (χ2v) is 11.5. The third-order valence-electron chi connectivity index (χ3n) is 8.27. The maximum absolute atomic E-state index is 14.0. The van der Waals surface area contributed by atoms with Crippen molar-refractivity contribution < 1.29 is 33.0 Å². The monoisotopic (exact) mass is 540 g/mol. The van der Waals surface area contributed by atoms with Crippen molar-refractivity contribution in [3.63, 3.8) is 0 Å². The summed E-state index contributed by atoms with van der Waals surface area (Å²) in [6.45, 7) is 3.99. The van der Waals surface area contributed by atoms with Crippen LogP contribution in [0.3, 0.4) is 0 Å². The van der Waals surface area contributed by atoms with Crippen LogP contribution in [0.5, 0.6) is 5.75 Å². The summed E-state index contributed by atoms with van der Waals surface area (Å²) in [6.07, 6.45) is 2.06. The SMILES string of the molecule is COC(=O)C1=C(O)C2C(c3cc(OC(F)F)c4c(c3CC2C(C)(C)C)CCCN4)N(Cc2ccccc2)C1=O. The number of benzene rings is 2. The molecule has 208 valence electrons. The Morgan fingerprint density at radius 3 is 2.56 bits per heavy atom. The Balaban J connectivity index is 1.79. The molecule has 9 heteroatoms. The molecule has 3 atom stereocenters. The number of alkyl halides is 2. The number of halogens is 2. The van der Waals surface area contributed by atoms with Gasteiger partial charge >= 0.3 is 12.6 Å². The zero-order valence-electron chi connectivity index (χ0n) is 22.6. The predicted octanol–water partition coefficient (Wildman–Crippen LogP) is 5.55. The van der Waals surface area contributed by atoms with E-state index in [0.717, 1.165) is 23.1 Å². The zero-order chi connectivity index (χ0) is 28.1. The highest BCUT2D eigenvalue weighted by Crippen LogP contribution is 2.56. The maximum atomic E-state index is 14.0. The van der Waals surface area contributed by atoms with Crippen molar-refractivity contribution in [1.82, 2.24) is 4.90 Å². The van der Waals surface area contributed by atoms with Crippen LogP contribution in [0.25, 0.3) is 0 Å². The lowest BCUT2D eigenvalue weighted by atomic mass is 9.59. The molecule has 2 N–H and O–H groups in total. The first-order valence-electron chi connectivity index (χ1n) is 13.3. The molecule has 0 bridgehead atoms. The smallest absolute Gasteiger partial charge is 0.387 e. The van der Waals surface area contributed by atoms with Crippen LogP contribution in [0.15, 0.2) is 47.7 Å². The Bertz CT molecular complexity index is 1320. The number of anilines is 1. The van der Waals surface area contributed by atoms with Gasteiger partial charge < -0.3 is 24.8 Å². The maximum Gasteiger partial charge on any atom is 0.387 e. The number of hydrogen-bond acceptors (Lipinski definition) is 6. The van der Waals surface area contributed by atoms with Crippen LogP contribution < -0.4 is 10.1 Å². The predicted molar refractivity (Wildman–Crippen MR) is 141 cm³/mol. The van der Waals surface area contributed by atoms with Crippen molar-refractivity contribution in [2.24, 2.45) is 17.3 Å². The van der Waals surface area contributed by atoms with E-state index in [0.29, 0.717) is 30.6 Å². The Morgan fingerprint density at radius 2 is 1.92 bits per heavy atom. The van der Waals surface area contributed by atoms with Crippen LogP contribution >= 0.6 is 0 Å². The first-order chi connectivity index (χ1) is 18.5. The number of ether oxygens (including phenoxy) is 2. The number of nitrogens with zero attached hydrogens (tertiary/aromatic N) is 1. The van der Waals surface area contributed by atoms with E-state index in [-0.39, 0.29) is 35.0 Å². The second-order valence-electron chi connectivity index (χ2n) is 11.5. The molecule has 2 aromatic carbocycles. The third kappa shape index (κ3) is 4.72. The van der Waals surface area contributed by atoms with Crippen molar-refractivity contribution in [1.29, 1.82) is 0 Å². The molecule has 2 aromatic rings. The van der Waals surface area contributed by atoms with Gasteiger partial charge in [-0.15, -0.1) is 0 Å². The molecule has 1 amide bonds. The number of fused-ring (bicyclic) bond motifs is 5. The topological polar surface area (TPSA) is 88.1 Å². The summed E-state index contributed by atoms with van der Waals surface area (Å²) >= 11 is 0. The van der Waals surface area contributed by atoms with Gasteiger partial charge in [0.05, 0.1) is 18.8 Å². The molecule has 0 spiro atoms. The first-order valence-corrected chi connectivity index (χ1v) is 13.3. The summed E-state index contributed by atoms with van der Waals surface area (Å²) in [5.41, 5.74) is 3.25. The molecular formula is C30H34F2N2O5. The van der Waals surface area contributed by atoms with Crippen LogP contribution in [-0.4, -0.2) is 42.1 Å². The quantitative estimate of drug-likeness (QED) is 0.382. The normalized spacial score (nSPS) is 22.6. The fourth-order valence-corrected chi connectivity index (χ4v) is 6.51. The number of amides is 1. The number of carbonyl (C=O) groups excluding carboxylic acids is 2. The molecule has 2 heterocycles. The van der Waals surface area contributed by atoms with E-state index in [4.69, 9.17) is 9.47 Å². The van der Waals surface area contributed by atoms with Gasteiger partial charge in [-0.2, -0.15) is 8.78 Å². The highest BCUT2D eigenvalue weighted by molar-refractivity contribution is 6.17. The van der Waals surface area contributed by atoms with Crippen LogP contribution in [0.4, 0.5) is 14.5 Å². The molecule has 0 fully saturated rings. The van der Waals surface area contributed by atoms with Crippen molar-refractivity contribution >= 4 is 17.6 Å². The molecule has 39 heavy (non-hydrogen) atoms. The number of hydrogen-bond donors (Lipinski definition) is 2. The molecule has 2 aliphatic heterocycles. The van der Waals surface area contributed by atoms with E-state index in [1.165, 1.54) is 7.11 Å². The highest BCUT2D eigenvalue weighted by atomic mass is 19.3. The minimum absolute atomic E-state index is 0.0285. The fourth-order valence-electron chi connectivity index (χ4n) is 6.51. The molecule has 0 saturated heterocycles. The first kappa shape index (κ1) is 27.0. The van der Waals surface area contributed by atoms with Gasteiger partial charge in [-0.25, -0.2) is 4.79 Å². The fraction of sp³-hybridized carbons (Fsp3) is 0.467. The van der Waals surface area contributed by atoms with Crippen molar-refractivity contribution in [3.8, 4) is 5.75 Å². The van der Waals surface area contributed by atoms with Gasteiger partial charge in [0, 0.05) is 19.0 Å². The number of methoxy groups -OCH3 is 1. The molecule has 0 aromatic heterocycles. The van der Waals surface area contributed by atoms with Crippen LogP contribution in [-0.2, 0) is 33.7 Å². The second kappa shape index (κ2) is 10.2. The van der Waals surface area contributed by atoms with Crippen molar-refractivity contribution in [2.45, 2.75) is 59.2 Å². The molecule has 7 nitrogen and oxygen atoms in total. The number of aliphatic hydroxyl groups is 1. The van der Waals surface area contributed by atoms with Crippen molar-refractivity contribution in [2.75, 3.05) is 19.0 Å². The number of aliphatic hydroxyl groups excluding tert-OH is 1. The molecule has 3 unspecified atom stereocenters. The molecule has 5 rings (SSSR count). The van der Waals surface area contributed by atoms with Crippen LogP contribution in [0.1, 0.15) is 55.5 Å². The summed E-state index contributed by atoms with van der Waals surface area (Å²) in [6, 6.07) is 10.2. The van der Waals surface area contributed by atoms with E-state index in [1.54, 1.807) is 11.0 Å². The summed E-state index contributed by atoms with van der Waals surface area (Å²) in [5.74, 6) is -2.66. The van der Waals surface area contributed by atoms with Gasteiger partial charge in [-0.1, -0.05) is 51.1 Å². The lowest BCUT2D eigenvalue weighted by molar-refractivity contribution is -0.145. The van der Waals surface area contributed by atoms with Crippen LogP contribution in [0.2, 0.25) is 0 Å². The zero-order valence-corrected chi connectivity index (χ0v) is 22.6. The molecule has 0 radical (unpaired) electrons. The highest BCUT2D eigenvalue weighted by Gasteiger charge is 2.54. The van der Waals surface area contributed by atoms with Gasteiger partial charge in [0.25, 0.3) is 5.91 Å². The summed E-state index contributed by atoms with van der Waals surface area (Å²) < 4.78 is 37.0. The number of nitrogens with one attached hydrogen (secondary N) is 1. The van der Waals surface area contributed by atoms with E-state index in [1.807, 2.05) is 30.3 Å².